The number of benzene rings is 1. The monoisotopic (exact) mass is 318 g/mol. The SMILES string of the molecule is C[C@]12C[C@]3(c4ccccc4)[C@H]4C(=O)[C@H]5C6CC([C@H]5C(=O)[C@@H]41)C21OC613. The zero-order valence-corrected chi connectivity index (χ0v) is 13.5. The summed E-state index contributed by atoms with van der Waals surface area (Å²) in [6, 6.07) is 10.6. The predicted molar refractivity (Wildman–Crippen MR) is 83.0 cm³/mol. The fourth-order valence-corrected chi connectivity index (χ4v) is 10.0. The van der Waals surface area contributed by atoms with E-state index in [1.54, 1.807) is 0 Å². The summed E-state index contributed by atoms with van der Waals surface area (Å²) < 4.78 is 6.79. The fraction of sp³-hybridized carbons (Fsp3) is 0.619. The maximum absolute atomic E-state index is 13.5. The molecule has 24 heavy (non-hydrogen) atoms. The van der Waals surface area contributed by atoms with Crippen molar-refractivity contribution in [3.05, 3.63) is 35.9 Å². The minimum Gasteiger partial charge on any atom is -0.360 e. The van der Waals surface area contributed by atoms with Gasteiger partial charge in [-0.05, 0) is 18.4 Å². The average Bonchev–Trinajstić information content (AvgIpc) is 2.86. The van der Waals surface area contributed by atoms with E-state index in [4.69, 9.17) is 4.74 Å². The van der Waals surface area contributed by atoms with E-state index >= 15 is 0 Å². The van der Waals surface area contributed by atoms with Crippen molar-refractivity contribution in [1.82, 2.24) is 0 Å². The summed E-state index contributed by atoms with van der Waals surface area (Å²) in [5, 5.41) is 0. The van der Waals surface area contributed by atoms with Gasteiger partial charge in [-0.1, -0.05) is 37.3 Å². The van der Waals surface area contributed by atoms with Gasteiger partial charge >= 0.3 is 0 Å². The van der Waals surface area contributed by atoms with Crippen LogP contribution < -0.4 is 0 Å². The molecule has 4 unspecified atom stereocenters. The van der Waals surface area contributed by atoms with E-state index in [9.17, 15) is 9.59 Å². The average molecular weight is 318 g/mol. The zero-order valence-electron chi connectivity index (χ0n) is 13.5. The number of ketones is 2. The number of carbonyl (C=O) groups excluding carboxylic acids is 2. The van der Waals surface area contributed by atoms with Crippen LogP contribution in [0.25, 0.3) is 0 Å². The fourth-order valence-electron chi connectivity index (χ4n) is 10.0. The van der Waals surface area contributed by atoms with E-state index in [0.29, 0.717) is 23.4 Å². The highest BCUT2D eigenvalue weighted by Gasteiger charge is 3.08. The number of epoxide rings is 1. The Labute approximate surface area is 139 Å². The van der Waals surface area contributed by atoms with Gasteiger partial charge in [0, 0.05) is 46.3 Å². The molecule has 10 aliphatic rings. The summed E-state index contributed by atoms with van der Waals surface area (Å²) in [6.45, 7) is 2.28. The van der Waals surface area contributed by atoms with Crippen LogP contribution in [0.15, 0.2) is 30.3 Å². The number of carbonyl (C=O) groups is 2. The molecule has 1 aromatic carbocycles. The molecule has 9 saturated carbocycles. The van der Waals surface area contributed by atoms with Gasteiger partial charge in [0.15, 0.2) is 0 Å². The standard InChI is InChI=1S/C21H18O3/c1-18-8-19(9-5-3-2-4-6-9)15-14(18)16(22)12-10-7-11(13(12)17(15)23)21(19)20(10,18)24-21/h2-6,10-15H,7-8H2,1H3/t10?,11?,12-,13+,14-,15-,18+,19+,20?,21?/m1/s1. The summed E-state index contributed by atoms with van der Waals surface area (Å²) >= 11 is 0. The Balaban J connectivity index is 1.57. The van der Waals surface area contributed by atoms with E-state index in [1.807, 2.05) is 6.07 Å². The molecule has 1 saturated heterocycles. The van der Waals surface area contributed by atoms with E-state index < -0.39 is 0 Å². The summed E-state index contributed by atoms with van der Waals surface area (Å²) in [4.78, 5) is 26.9. The summed E-state index contributed by atoms with van der Waals surface area (Å²) in [6.07, 6.45) is 2.03. The van der Waals surface area contributed by atoms with Crippen molar-refractivity contribution in [2.45, 2.75) is 36.4 Å². The van der Waals surface area contributed by atoms with E-state index in [0.717, 1.165) is 12.8 Å². The lowest BCUT2D eigenvalue weighted by atomic mass is 9.38. The van der Waals surface area contributed by atoms with Gasteiger partial charge in [0.1, 0.15) is 22.8 Å². The molecule has 10 fully saturated rings. The Morgan fingerprint density at radius 2 is 1.62 bits per heavy atom. The van der Waals surface area contributed by atoms with Crippen LogP contribution in [0.5, 0.6) is 0 Å². The highest BCUT2D eigenvalue weighted by molar-refractivity contribution is 6.07. The molecule has 0 aromatic heterocycles. The first kappa shape index (κ1) is 12.0. The lowest BCUT2D eigenvalue weighted by Gasteiger charge is -2.60. The number of ether oxygens (including phenoxy) is 1. The van der Waals surface area contributed by atoms with E-state index in [-0.39, 0.29) is 45.7 Å². The van der Waals surface area contributed by atoms with Crippen molar-refractivity contribution in [1.29, 1.82) is 0 Å². The van der Waals surface area contributed by atoms with Crippen LogP contribution in [0.2, 0.25) is 0 Å². The van der Waals surface area contributed by atoms with Crippen molar-refractivity contribution in [2.24, 2.45) is 40.9 Å². The molecular formula is C21H18O3. The Morgan fingerprint density at radius 3 is 2.38 bits per heavy atom. The number of rotatable bonds is 1. The maximum atomic E-state index is 13.5. The zero-order chi connectivity index (χ0) is 15.9. The second-order valence-electron chi connectivity index (χ2n) is 9.77. The Kier molecular flexibility index (Phi) is 1.37. The number of Topliss-reactive ketones (excluding diaryl/α,β-unsaturated/α-hetero) is 2. The molecule has 0 amide bonds. The smallest absolute Gasteiger partial charge is 0.141 e. The molecule has 3 nitrogen and oxygen atoms in total. The molecule has 1 heterocycles. The number of hydrogen-bond acceptors (Lipinski definition) is 3. The van der Waals surface area contributed by atoms with Gasteiger partial charge in [-0.15, -0.1) is 0 Å². The molecule has 10 atom stereocenters. The van der Waals surface area contributed by atoms with Crippen LogP contribution in [0.3, 0.4) is 0 Å². The molecule has 10 bridgehead atoms. The molecule has 9 aliphatic carbocycles. The molecule has 3 heteroatoms. The van der Waals surface area contributed by atoms with Gasteiger partial charge in [-0.2, -0.15) is 0 Å². The van der Waals surface area contributed by atoms with Crippen LogP contribution in [-0.2, 0) is 19.7 Å². The number of hydrogen-bond donors (Lipinski definition) is 0. The molecule has 1 aliphatic heterocycles. The Hall–Kier alpha value is -1.48. The van der Waals surface area contributed by atoms with Gasteiger partial charge in [0.05, 0.1) is 0 Å². The van der Waals surface area contributed by atoms with Crippen molar-refractivity contribution in [3.8, 4) is 0 Å². The predicted octanol–water partition coefficient (Wildman–Crippen LogP) is 2.14. The van der Waals surface area contributed by atoms with Crippen molar-refractivity contribution < 1.29 is 14.3 Å². The third-order valence-electron chi connectivity index (χ3n) is 9.91. The maximum Gasteiger partial charge on any atom is 0.141 e. The third-order valence-corrected chi connectivity index (χ3v) is 9.91. The topological polar surface area (TPSA) is 46.7 Å². The third kappa shape index (κ3) is 0.652. The van der Waals surface area contributed by atoms with Gasteiger partial charge in [0.25, 0.3) is 0 Å². The van der Waals surface area contributed by atoms with Gasteiger partial charge < -0.3 is 4.74 Å². The van der Waals surface area contributed by atoms with Gasteiger partial charge in [0.2, 0.25) is 0 Å². The molecular weight excluding hydrogens is 300 g/mol. The minimum absolute atomic E-state index is 0.000627. The first-order chi connectivity index (χ1) is 11.6. The van der Waals surface area contributed by atoms with Crippen LogP contribution in [-0.4, -0.2) is 22.8 Å². The van der Waals surface area contributed by atoms with Gasteiger partial charge in [-0.3, -0.25) is 9.59 Å². The van der Waals surface area contributed by atoms with Crippen molar-refractivity contribution in [2.75, 3.05) is 0 Å². The first-order valence-electron chi connectivity index (χ1n) is 9.39. The van der Waals surface area contributed by atoms with Crippen LogP contribution >= 0.6 is 0 Å². The van der Waals surface area contributed by atoms with Crippen LogP contribution in [0, 0.1) is 40.9 Å². The van der Waals surface area contributed by atoms with Crippen LogP contribution in [0.4, 0.5) is 0 Å². The molecule has 2 spiro atoms. The quantitative estimate of drug-likeness (QED) is 0.745. The highest BCUT2D eigenvalue weighted by atomic mass is 16.6. The Bertz CT molecular complexity index is 922. The molecule has 0 N–H and O–H groups in total. The van der Waals surface area contributed by atoms with Gasteiger partial charge in [-0.25, -0.2) is 0 Å². The van der Waals surface area contributed by atoms with Crippen molar-refractivity contribution in [3.63, 3.8) is 0 Å². The van der Waals surface area contributed by atoms with Crippen molar-refractivity contribution >= 4 is 11.6 Å². The largest absolute Gasteiger partial charge is 0.360 e. The molecule has 1 aromatic rings. The molecule has 0 radical (unpaired) electrons. The van der Waals surface area contributed by atoms with Crippen LogP contribution in [0.1, 0.15) is 25.3 Å². The van der Waals surface area contributed by atoms with E-state index in [2.05, 4.69) is 31.2 Å². The highest BCUT2D eigenvalue weighted by Crippen LogP contribution is 2.98. The first-order valence-corrected chi connectivity index (χ1v) is 9.39. The molecule has 11 rings (SSSR count). The second-order valence-corrected chi connectivity index (χ2v) is 9.77. The lowest BCUT2D eigenvalue weighted by Crippen LogP contribution is -2.73. The summed E-state index contributed by atoms with van der Waals surface area (Å²) in [5.74, 6) is 1.23. The normalized spacial score (nSPS) is 67.7. The Morgan fingerprint density at radius 1 is 0.958 bits per heavy atom. The molecule has 120 valence electrons. The lowest BCUT2D eigenvalue weighted by molar-refractivity contribution is -0.171. The second kappa shape index (κ2) is 2.74. The van der Waals surface area contributed by atoms with E-state index in [1.165, 1.54) is 5.56 Å². The summed E-state index contributed by atoms with van der Waals surface area (Å²) in [5.41, 5.74) is 0.687. The minimum atomic E-state index is -0.234. The summed E-state index contributed by atoms with van der Waals surface area (Å²) in [7, 11) is 0.